The first-order valence-electron chi connectivity index (χ1n) is 19.4. The largest absolute Gasteiger partial charge is 0.756 e. The number of likely N-dealkylation sites (N-methyl/N-ethyl adjacent to an activating group) is 1. The maximum atomic E-state index is 12.6. The second-order valence-electron chi connectivity index (χ2n) is 13.7. The van der Waals surface area contributed by atoms with Gasteiger partial charge < -0.3 is 27.9 Å². The minimum Gasteiger partial charge on any atom is -0.756 e. The van der Waals surface area contributed by atoms with Gasteiger partial charge in [-0.3, -0.25) is 14.2 Å². The number of carbonyl (C=O) groups is 2. The van der Waals surface area contributed by atoms with E-state index in [1.165, 1.54) is 38.5 Å². The number of rotatable bonds is 33. The van der Waals surface area contributed by atoms with Crippen molar-refractivity contribution >= 4 is 19.8 Å². The number of unbranched alkanes of at least 4 members (excludes halogenated alkanes) is 9. The number of nitrogens with zero attached hydrogens (tertiary/aromatic N) is 1. The first kappa shape index (κ1) is 49.2. The Kier molecular flexibility index (Phi) is 32.2. The van der Waals surface area contributed by atoms with Gasteiger partial charge in [0.2, 0.25) is 0 Å². The van der Waals surface area contributed by atoms with Gasteiger partial charge in [-0.2, -0.15) is 0 Å². The fraction of sp³-hybridized carbons (Fsp3) is 0.619. The molecule has 0 saturated heterocycles. The molecule has 0 amide bonds. The summed E-state index contributed by atoms with van der Waals surface area (Å²) in [5.41, 5.74) is 0. The number of phosphoric ester groups is 1. The number of quaternary nitrogens is 1. The number of allylic oxidation sites excluding steroid dienone is 14. The van der Waals surface area contributed by atoms with Crippen molar-refractivity contribution in [2.45, 2.75) is 123 Å². The van der Waals surface area contributed by atoms with E-state index in [9.17, 15) is 19.0 Å². The van der Waals surface area contributed by atoms with E-state index in [4.69, 9.17) is 18.5 Å². The number of hydrogen-bond donors (Lipinski definition) is 0. The van der Waals surface area contributed by atoms with Gasteiger partial charge in [-0.25, -0.2) is 0 Å². The summed E-state index contributed by atoms with van der Waals surface area (Å²) in [6, 6.07) is 0. The smallest absolute Gasteiger partial charge is 0.306 e. The van der Waals surface area contributed by atoms with Crippen LogP contribution in [-0.2, 0) is 32.7 Å². The Morgan fingerprint density at radius 3 is 1.87 bits per heavy atom. The third-order valence-electron chi connectivity index (χ3n) is 7.54. The van der Waals surface area contributed by atoms with Crippen molar-refractivity contribution in [3.63, 3.8) is 0 Å². The van der Waals surface area contributed by atoms with Gasteiger partial charge in [-0.15, -0.1) is 0 Å². The molecular formula is C42H70NO8P. The SMILES string of the molecule is CC/C=C/C=C/C=C/C=C/C=C/CCCCCC(=O)OCC(COP(=O)([O-])OCC[N+](C)(C)C)OC(=O)CC/C=C/C/C=C/CCCCCCCC. The molecule has 0 radical (unpaired) electrons. The Bertz CT molecular complexity index is 1160. The normalized spacial score (nSPS) is 14.7. The molecule has 0 bridgehead atoms. The van der Waals surface area contributed by atoms with Gasteiger partial charge in [-0.05, 0) is 51.4 Å². The minimum absolute atomic E-state index is 0.0522. The van der Waals surface area contributed by atoms with E-state index in [1.807, 2.05) is 81.9 Å². The third kappa shape index (κ3) is 37.0. The summed E-state index contributed by atoms with van der Waals surface area (Å²) < 4.78 is 33.6. The molecule has 0 aromatic carbocycles. The van der Waals surface area contributed by atoms with Crippen LogP contribution >= 0.6 is 7.82 Å². The quantitative estimate of drug-likeness (QED) is 0.0163. The zero-order valence-electron chi connectivity index (χ0n) is 33.0. The van der Waals surface area contributed by atoms with E-state index >= 15 is 0 Å². The lowest BCUT2D eigenvalue weighted by Gasteiger charge is -2.28. The van der Waals surface area contributed by atoms with Crippen LogP contribution < -0.4 is 4.89 Å². The highest BCUT2D eigenvalue weighted by molar-refractivity contribution is 7.45. The monoisotopic (exact) mass is 747 g/mol. The topological polar surface area (TPSA) is 111 Å². The van der Waals surface area contributed by atoms with Crippen LogP contribution in [0.15, 0.2) is 85.1 Å². The molecule has 0 aromatic rings. The van der Waals surface area contributed by atoms with Crippen molar-refractivity contribution in [1.82, 2.24) is 0 Å². The lowest BCUT2D eigenvalue weighted by molar-refractivity contribution is -0.870. The first-order chi connectivity index (χ1) is 25.0. The average molecular weight is 748 g/mol. The summed E-state index contributed by atoms with van der Waals surface area (Å²) in [6.45, 7) is 3.91. The Morgan fingerprint density at radius 1 is 0.635 bits per heavy atom. The van der Waals surface area contributed by atoms with Crippen LogP contribution in [0.2, 0.25) is 0 Å². The van der Waals surface area contributed by atoms with E-state index < -0.39 is 32.5 Å². The molecule has 0 aromatic heterocycles. The summed E-state index contributed by atoms with van der Waals surface area (Å²) in [5, 5.41) is 0. The molecule has 0 aliphatic carbocycles. The maximum Gasteiger partial charge on any atom is 0.306 e. The van der Waals surface area contributed by atoms with Gasteiger partial charge in [0, 0.05) is 12.8 Å². The van der Waals surface area contributed by atoms with Crippen molar-refractivity contribution in [3.8, 4) is 0 Å². The van der Waals surface area contributed by atoms with Crippen molar-refractivity contribution in [2.24, 2.45) is 0 Å². The van der Waals surface area contributed by atoms with E-state index in [0.29, 0.717) is 23.9 Å². The molecule has 52 heavy (non-hydrogen) atoms. The first-order valence-corrected chi connectivity index (χ1v) is 20.8. The summed E-state index contributed by atoms with van der Waals surface area (Å²) in [7, 11) is 1.09. The predicted molar refractivity (Wildman–Crippen MR) is 212 cm³/mol. The van der Waals surface area contributed by atoms with Crippen LogP contribution in [0.5, 0.6) is 0 Å². The van der Waals surface area contributed by atoms with Crippen LogP contribution in [-0.4, -0.2) is 70.0 Å². The second-order valence-corrected chi connectivity index (χ2v) is 15.1. The van der Waals surface area contributed by atoms with Gasteiger partial charge in [0.15, 0.2) is 6.10 Å². The van der Waals surface area contributed by atoms with E-state index in [2.05, 4.69) is 38.2 Å². The molecule has 0 N–H and O–H groups in total. The molecule has 0 spiro atoms. The van der Waals surface area contributed by atoms with Gasteiger partial charge in [0.1, 0.15) is 19.8 Å². The molecular weight excluding hydrogens is 677 g/mol. The number of phosphoric acid groups is 1. The van der Waals surface area contributed by atoms with Crippen molar-refractivity contribution in [2.75, 3.05) is 47.5 Å². The standard InChI is InChI=1S/C42H70NO8P/c1-6-8-10-12-14-16-18-20-21-23-24-26-28-30-32-34-41(44)48-38-40(39-50-52(46,47)49-37-36-43(3,4)5)51-42(45)35-33-31-29-27-25-22-19-17-15-13-11-9-7-2/h8,10,12,14,16,18,20-25,29,31,40H,6-7,9,11,13,15,17,19,26-28,30,32-39H2,1-5H3/b10-8+,14-12+,18-16+,21-20+,24-23+,25-22+,31-29+. The van der Waals surface area contributed by atoms with Crippen LogP contribution in [0.1, 0.15) is 117 Å². The summed E-state index contributed by atoms with van der Waals surface area (Å²) in [5.74, 6) is -0.974. The van der Waals surface area contributed by atoms with Crippen molar-refractivity contribution in [1.29, 1.82) is 0 Å². The Labute approximate surface area is 316 Å². The second kappa shape index (κ2) is 34.0. The number of hydrogen-bond acceptors (Lipinski definition) is 8. The molecule has 0 fully saturated rings. The minimum atomic E-state index is -4.65. The molecule has 2 unspecified atom stereocenters. The summed E-state index contributed by atoms with van der Waals surface area (Å²) >= 11 is 0. The molecule has 0 rings (SSSR count). The number of ether oxygens (including phenoxy) is 2. The predicted octanol–water partition coefficient (Wildman–Crippen LogP) is 9.82. The van der Waals surface area contributed by atoms with Crippen LogP contribution in [0.3, 0.4) is 0 Å². The van der Waals surface area contributed by atoms with Crippen LogP contribution in [0, 0.1) is 0 Å². The third-order valence-corrected chi connectivity index (χ3v) is 8.50. The fourth-order valence-electron chi connectivity index (χ4n) is 4.49. The lowest BCUT2D eigenvalue weighted by Crippen LogP contribution is -2.37. The highest BCUT2D eigenvalue weighted by Crippen LogP contribution is 2.38. The molecule has 0 heterocycles. The maximum absolute atomic E-state index is 12.6. The molecule has 2 atom stereocenters. The lowest BCUT2D eigenvalue weighted by atomic mass is 10.1. The van der Waals surface area contributed by atoms with Gasteiger partial charge >= 0.3 is 11.9 Å². The highest BCUT2D eigenvalue weighted by Gasteiger charge is 2.21. The van der Waals surface area contributed by atoms with Crippen LogP contribution in [0.25, 0.3) is 0 Å². The van der Waals surface area contributed by atoms with Crippen molar-refractivity contribution < 1.29 is 42.1 Å². The zero-order valence-corrected chi connectivity index (χ0v) is 33.9. The van der Waals surface area contributed by atoms with Gasteiger partial charge in [0.25, 0.3) is 7.82 Å². The Balaban J connectivity index is 4.62. The van der Waals surface area contributed by atoms with Crippen LogP contribution in [0.4, 0.5) is 0 Å². The molecule has 0 aliphatic heterocycles. The molecule has 10 heteroatoms. The highest BCUT2D eigenvalue weighted by atomic mass is 31.2. The van der Waals surface area contributed by atoms with E-state index in [1.54, 1.807) is 0 Å². The number of carbonyl (C=O) groups excluding carboxylic acids is 2. The van der Waals surface area contributed by atoms with Crippen molar-refractivity contribution in [3.05, 3.63) is 85.1 Å². The molecule has 0 saturated carbocycles. The number of esters is 2. The summed E-state index contributed by atoms with van der Waals surface area (Å²) in [4.78, 5) is 37.3. The fourth-order valence-corrected chi connectivity index (χ4v) is 5.22. The molecule has 9 nitrogen and oxygen atoms in total. The zero-order chi connectivity index (χ0) is 38.6. The molecule has 0 aliphatic rings. The molecule has 296 valence electrons. The average Bonchev–Trinajstić information content (AvgIpc) is 3.09. The van der Waals surface area contributed by atoms with Gasteiger partial charge in [0.05, 0.1) is 27.7 Å². The van der Waals surface area contributed by atoms with Gasteiger partial charge in [-0.1, -0.05) is 137 Å². The van der Waals surface area contributed by atoms with E-state index in [0.717, 1.165) is 38.5 Å². The Morgan fingerprint density at radius 2 is 1.21 bits per heavy atom. The Hall–Kier alpha value is -2.81. The van der Waals surface area contributed by atoms with E-state index in [-0.39, 0.29) is 26.1 Å². The summed E-state index contributed by atoms with van der Waals surface area (Å²) in [6.07, 6.45) is 42.0.